The number of anilines is 1. The van der Waals surface area contributed by atoms with Gasteiger partial charge in [0.25, 0.3) is 0 Å². The molecule has 19 heavy (non-hydrogen) atoms. The second kappa shape index (κ2) is 6.30. The molecule has 0 radical (unpaired) electrons. The summed E-state index contributed by atoms with van der Waals surface area (Å²) in [6.45, 7) is 8.51. The molecule has 0 N–H and O–H groups in total. The van der Waals surface area contributed by atoms with Crippen LogP contribution in [0.3, 0.4) is 0 Å². The average Bonchev–Trinajstić information content (AvgIpc) is 2.57. The van der Waals surface area contributed by atoms with E-state index in [-0.39, 0.29) is 0 Å². The molecule has 1 aromatic rings. The number of nitrogens with zero attached hydrogens (tertiary/aromatic N) is 4. The van der Waals surface area contributed by atoms with Crippen molar-refractivity contribution < 1.29 is 4.74 Å². The zero-order chi connectivity index (χ0) is 13.8. The number of ether oxygens (including phenoxy) is 1. The molecule has 1 fully saturated rings. The monoisotopic (exact) mass is 264 g/mol. The fourth-order valence-electron chi connectivity index (χ4n) is 2.52. The Morgan fingerprint density at radius 1 is 1.42 bits per heavy atom. The van der Waals surface area contributed by atoms with Crippen LogP contribution in [-0.2, 0) is 4.74 Å². The summed E-state index contributed by atoms with van der Waals surface area (Å²) in [5.74, 6) is 1.52. The smallest absolute Gasteiger partial charge is 0.150 e. The van der Waals surface area contributed by atoms with Gasteiger partial charge in [0.15, 0.2) is 0 Å². The molecule has 0 saturated carbocycles. The molecule has 1 atom stereocenters. The van der Waals surface area contributed by atoms with Crippen molar-refractivity contribution in [1.29, 1.82) is 0 Å². The minimum atomic E-state index is 0.513. The number of aryl methyl sites for hydroxylation is 2. The van der Waals surface area contributed by atoms with E-state index in [4.69, 9.17) is 4.74 Å². The van der Waals surface area contributed by atoms with Crippen molar-refractivity contribution in [3.63, 3.8) is 0 Å². The Hall–Kier alpha value is -1.20. The van der Waals surface area contributed by atoms with Crippen LogP contribution in [0.1, 0.15) is 11.4 Å². The van der Waals surface area contributed by atoms with Crippen molar-refractivity contribution in [3.8, 4) is 0 Å². The lowest BCUT2D eigenvalue weighted by atomic mass is 10.1. The van der Waals surface area contributed by atoms with E-state index in [2.05, 4.69) is 33.9 Å². The maximum atomic E-state index is 5.71. The third-order valence-corrected chi connectivity index (χ3v) is 3.31. The summed E-state index contributed by atoms with van der Waals surface area (Å²) >= 11 is 0. The second-order valence-corrected chi connectivity index (χ2v) is 5.57. The third kappa shape index (κ3) is 3.88. The van der Waals surface area contributed by atoms with Gasteiger partial charge in [-0.05, 0) is 27.9 Å². The van der Waals surface area contributed by atoms with Gasteiger partial charge >= 0.3 is 0 Å². The Labute approximate surface area is 115 Å². The van der Waals surface area contributed by atoms with Crippen molar-refractivity contribution in [2.75, 3.05) is 51.8 Å². The van der Waals surface area contributed by atoms with E-state index in [0.717, 1.165) is 50.1 Å². The van der Waals surface area contributed by atoms with Crippen LogP contribution < -0.4 is 4.90 Å². The standard InChI is InChI=1S/C14H24N4O/c1-11-7-15-12(2)14(16-11)18-5-6-19-10-13(9-18)8-17(3)4/h7,13H,5-6,8-10H2,1-4H3. The van der Waals surface area contributed by atoms with Crippen molar-refractivity contribution in [1.82, 2.24) is 14.9 Å². The summed E-state index contributed by atoms with van der Waals surface area (Å²) in [5, 5.41) is 0. The van der Waals surface area contributed by atoms with E-state index in [1.807, 2.05) is 20.0 Å². The third-order valence-electron chi connectivity index (χ3n) is 3.31. The highest BCUT2D eigenvalue weighted by Gasteiger charge is 2.21. The fourth-order valence-corrected chi connectivity index (χ4v) is 2.52. The highest BCUT2D eigenvalue weighted by molar-refractivity contribution is 5.43. The summed E-state index contributed by atoms with van der Waals surface area (Å²) in [7, 11) is 4.21. The molecule has 0 amide bonds. The lowest BCUT2D eigenvalue weighted by Crippen LogP contribution is -2.35. The summed E-state index contributed by atoms with van der Waals surface area (Å²) in [5.41, 5.74) is 1.96. The van der Waals surface area contributed by atoms with Gasteiger partial charge in [-0.1, -0.05) is 0 Å². The van der Waals surface area contributed by atoms with Crippen molar-refractivity contribution in [2.45, 2.75) is 13.8 Å². The van der Waals surface area contributed by atoms with E-state index in [1.54, 1.807) is 0 Å². The van der Waals surface area contributed by atoms with Crippen LogP contribution in [0.5, 0.6) is 0 Å². The van der Waals surface area contributed by atoms with Gasteiger partial charge in [0.2, 0.25) is 0 Å². The number of hydrogen-bond donors (Lipinski definition) is 0. The van der Waals surface area contributed by atoms with Gasteiger partial charge in [-0.3, -0.25) is 4.98 Å². The molecule has 1 unspecified atom stereocenters. The first-order chi connectivity index (χ1) is 9.06. The topological polar surface area (TPSA) is 41.5 Å². The first-order valence-corrected chi connectivity index (χ1v) is 6.84. The molecule has 0 spiro atoms. The molecular weight excluding hydrogens is 240 g/mol. The van der Waals surface area contributed by atoms with Crippen LogP contribution in [0.15, 0.2) is 6.20 Å². The van der Waals surface area contributed by atoms with E-state index in [9.17, 15) is 0 Å². The minimum absolute atomic E-state index is 0.513. The quantitative estimate of drug-likeness (QED) is 0.818. The SMILES string of the molecule is Cc1cnc(C)c(N2CCOCC(CN(C)C)C2)n1. The van der Waals surface area contributed by atoms with Crippen LogP contribution in [-0.4, -0.2) is 61.8 Å². The highest BCUT2D eigenvalue weighted by atomic mass is 16.5. The van der Waals surface area contributed by atoms with Gasteiger partial charge in [0.05, 0.1) is 24.6 Å². The van der Waals surface area contributed by atoms with E-state index < -0.39 is 0 Å². The predicted molar refractivity (Wildman–Crippen MR) is 76.6 cm³/mol. The van der Waals surface area contributed by atoms with Gasteiger partial charge in [-0.15, -0.1) is 0 Å². The molecule has 2 rings (SSSR count). The van der Waals surface area contributed by atoms with Crippen LogP contribution in [0.25, 0.3) is 0 Å². The zero-order valence-corrected chi connectivity index (χ0v) is 12.4. The first-order valence-electron chi connectivity index (χ1n) is 6.84. The Morgan fingerprint density at radius 2 is 2.21 bits per heavy atom. The fraction of sp³-hybridized carbons (Fsp3) is 0.714. The van der Waals surface area contributed by atoms with E-state index >= 15 is 0 Å². The molecule has 1 aliphatic heterocycles. The van der Waals surface area contributed by atoms with Gasteiger partial charge in [0.1, 0.15) is 5.82 Å². The molecule has 0 bridgehead atoms. The van der Waals surface area contributed by atoms with E-state index in [1.165, 1.54) is 0 Å². The largest absolute Gasteiger partial charge is 0.379 e. The summed E-state index contributed by atoms with van der Waals surface area (Å²) < 4.78 is 5.71. The highest BCUT2D eigenvalue weighted by Crippen LogP contribution is 2.19. The lowest BCUT2D eigenvalue weighted by molar-refractivity contribution is 0.113. The summed E-state index contributed by atoms with van der Waals surface area (Å²) in [6, 6.07) is 0. The molecule has 1 aliphatic rings. The summed E-state index contributed by atoms with van der Waals surface area (Å²) in [6.07, 6.45) is 1.82. The Bertz CT molecular complexity index is 422. The molecule has 2 heterocycles. The molecule has 1 aromatic heterocycles. The van der Waals surface area contributed by atoms with Gasteiger partial charge < -0.3 is 14.5 Å². The Kier molecular flexibility index (Phi) is 4.71. The van der Waals surface area contributed by atoms with Gasteiger partial charge in [-0.25, -0.2) is 4.98 Å². The maximum Gasteiger partial charge on any atom is 0.150 e. The molecule has 0 aliphatic carbocycles. The molecule has 5 heteroatoms. The molecule has 5 nitrogen and oxygen atoms in total. The second-order valence-electron chi connectivity index (χ2n) is 5.57. The van der Waals surface area contributed by atoms with Crippen LogP contribution in [0.2, 0.25) is 0 Å². The Balaban J connectivity index is 2.15. The average molecular weight is 264 g/mol. The maximum absolute atomic E-state index is 5.71. The van der Waals surface area contributed by atoms with E-state index in [0.29, 0.717) is 5.92 Å². The zero-order valence-electron chi connectivity index (χ0n) is 12.4. The number of rotatable bonds is 3. The molecule has 1 saturated heterocycles. The predicted octanol–water partition coefficient (Wildman–Crippen LogP) is 1.11. The van der Waals surface area contributed by atoms with Crippen molar-refractivity contribution in [2.24, 2.45) is 5.92 Å². The van der Waals surface area contributed by atoms with Gasteiger partial charge in [0, 0.05) is 31.7 Å². The molecule has 106 valence electrons. The Morgan fingerprint density at radius 3 is 2.95 bits per heavy atom. The number of aromatic nitrogens is 2. The van der Waals surface area contributed by atoms with Crippen LogP contribution in [0, 0.1) is 19.8 Å². The number of hydrogen-bond acceptors (Lipinski definition) is 5. The van der Waals surface area contributed by atoms with Crippen molar-refractivity contribution in [3.05, 3.63) is 17.6 Å². The molecule has 0 aromatic carbocycles. The minimum Gasteiger partial charge on any atom is -0.379 e. The van der Waals surface area contributed by atoms with Crippen LogP contribution in [0.4, 0.5) is 5.82 Å². The molecular formula is C14H24N4O. The van der Waals surface area contributed by atoms with Crippen molar-refractivity contribution >= 4 is 5.82 Å². The summed E-state index contributed by atoms with van der Waals surface area (Å²) in [4.78, 5) is 13.6. The lowest BCUT2D eigenvalue weighted by Gasteiger charge is -2.27. The van der Waals surface area contributed by atoms with Crippen LogP contribution >= 0.6 is 0 Å². The normalized spacial score (nSPS) is 20.7. The van der Waals surface area contributed by atoms with Gasteiger partial charge in [-0.2, -0.15) is 0 Å². The first kappa shape index (κ1) is 14.2.